The number of benzene rings is 3. The Labute approximate surface area is 188 Å². The number of amides is 2. The van der Waals surface area contributed by atoms with Gasteiger partial charge in [-0.2, -0.15) is 5.26 Å². The molecule has 2 amide bonds. The summed E-state index contributed by atoms with van der Waals surface area (Å²) in [7, 11) is 0. The van der Waals surface area contributed by atoms with Crippen LogP contribution in [-0.4, -0.2) is 31.7 Å². The molecule has 1 saturated heterocycles. The number of carbonyl (C=O) groups is 1. The maximum atomic E-state index is 13.4. The smallest absolute Gasteiger partial charge is 0.336 e. The van der Waals surface area contributed by atoms with Crippen molar-refractivity contribution in [3.05, 3.63) is 88.5 Å². The van der Waals surface area contributed by atoms with E-state index in [2.05, 4.69) is 5.32 Å². The first-order valence-electron chi connectivity index (χ1n) is 10.7. The van der Waals surface area contributed by atoms with Gasteiger partial charge in [-0.15, -0.1) is 0 Å². The third kappa shape index (κ3) is 2.76. The number of aromatic hydroxyl groups is 1. The van der Waals surface area contributed by atoms with Crippen LogP contribution in [0.1, 0.15) is 29.8 Å². The molecular weight excluding hydrogens is 418 g/mol. The molecule has 3 aromatic carbocycles. The second-order valence-corrected chi connectivity index (χ2v) is 8.37. The average molecular weight is 437 g/mol. The Kier molecular flexibility index (Phi) is 4.07. The first-order chi connectivity index (χ1) is 16.1. The molecule has 0 spiro atoms. The van der Waals surface area contributed by atoms with Crippen molar-refractivity contribution in [2.45, 2.75) is 18.5 Å². The monoisotopic (exact) mass is 437 g/mol. The summed E-state index contributed by atoms with van der Waals surface area (Å²) >= 11 is 0. The molecule has 8 nitrogen and oxygen atoms in total. The molecule has 2 aliphatic heterocycles. The number of anilines is 1. The Hall–Kier alpha value is -4.51. The molecule has 2 bridgehead atoms. The second kappa shape index (κ2) is 7.00. The summed E-state index contributed by atoms with van der Waals surface area (Å²) in [6.45, 7) is 0.388. The molecule has 1 unspecified atom stereocenters. The van der Waals surface area contributed by atoms with Crippen LogP contribution in [0.15, 0.2) is 71.5 Å². The number of likely N-dealkylation sites (tertiary alicyclic amines) is 1. The standard InChI is InChI=1S/C25H19N5O3/c26-13-15-8-10-17(11-9-15)27-24(32)28-14-18-12-21(28)22-23(31)30(25(33)29(18)22)20-7-3-5-16-4-1-2-6-19(16)20/h1-11,18,21,31H,12,14H2,(H,27,32)/t18-,21?/m1/s1. The third-order valence-corrected chi connectivity index (χ3v) is 6.59. The van der Waals surface area contributed by atoms with Gasteiger partial charge in [0.15, 0.2) is 0 Å². The SMILES string of the molecule is N#Cc1ccc(NC(=O)N2C[C@H]3CC2c2c(O)n(-c4cccc5ccccc45)c(=O)n23)cc1. The molecule has 2 atom stereocenters. The predicted octanol–water partition coefficient (Wildman–Crippen LogP) is 3.90. The van der Waals surface area contributed by atoms with Crippen LogP contribution in [-0.2, 0) is 0 Å². The van der Waals surface area contributed by atoms with E-state index in [1.807, 2.05) is 48.5 Å². The third-order valence-electron chi connectivity index (χ3n) is 6.59. The fraction of sp³-hybridized carbons (Fsp3) is 0.160. The van der Waals surface area contributed by atoms with Gasteiger partial charge in [0, 0.05) is 17.6 Å². The molecule has 33 heavy (non-hydrogen) atoms. The van der Waals surface area contributed by atoms with E-state index < -0.39 is 6.04 Å². The quantitative estimate of drug-likeness (QED) is 0.496. The molecule has 0 radical (unpaired) electrons. The molecule has 0 saturated carbocycles. The lowest BCUT2D eigenvalue weighted by molar-refractivity contribution is 0.198. The van der Waals surface area contributed by atoms with Crippen LogP contribution in [0.5, 0.6) is 5.88 Å². The van der Waals surface area contributed by atoms with E-state index in [1.165, 1.54) is 4.57 Å². The van der Waals surface area contributed by atoms with Crippen molar-refractivity contribution < 1.29 is 9.90 Å². The van der Waals surface area contributed by atoms with Crippen LogP contribution < -0.4 is 11.0 Å². The molecule has 8 heteroatoms. The van der Waals surface area contributed by atoms with Crippen molar-refractivity contribution in [1.82, 2.24) is 14.0 Å². The Balaban J connectivity index is 1.37. The van der Waals surface area contributed by atoms with Gasteiger partial charge in [0.25, 0.3) is 0 Å². The molecule has 3 heterocycles. The highest BCUT2D eigenvalue weighted by atomic mass is 16.3. The minimum absolute atomic E-state index is 0.125. The maximum Gasteiger partial charge on any atom is 0.336 e. The first-order valence-corrected chi connectivity index (χ1v) is 10.7. The number of nitrogens with zero attached hydrogens (tertiary/aromatic N) is 4. The van der Waals surface area contributed by atoms with Crippen molar-refractivity contribution >= 4 is 22.5 Å². The summed E-state index contributed by atoms with van der Waals surface area (Å²) in [6.07, 6.45) is 0.593. The van der Waals surface area contributed by atoms with Crippen molar-refractivity contribution in [2.24, 2.45) is 0 Å². The van der Waals surface area contributed by atoms with Gasteiger partial charge >= 0.3 is 11.7 Å². The van der Waals surface area contributed by atoms with E-state index in [9.17, 15) is 14.7 Å². The second-order valence-electron chi connectivity index (χ2n) is 8.37. The van der Waals surface area contributed by atoms with Gasteiger partial charge in [-0.25, -0.2) is 14.2 Å². The molecule has 1 fully saturated rings. The minimum Gasteiger partial charge on any atom is -0.493 e. The van der Waals surface area contributed by atoms with Gasteiger partial charge in [0.1, 0.15) is 5.69 Å². The number of nitrogens with one attached hydrogen (secondary N) is 1. The number of carbonyl (C=O) groups excluding carboxylic acids is 1. The highest BCUT2D eigenvalue weighted by molar-refractivity contribution is 5.91. The molecule has 2 N–H and O–H groups in total. The zero-order valence-electron chi connectivity index (χ0n) is 17.5. The summed E-state index contributed by atoms with van der Waals surface area (Å²) in [4.78, 5) is 28.0. The number of nitriles is 1. The number of fused-ring (bicyclic) bond motifs is 6. The molecule has 1 aromatic heterocycles. The van der Waals surface area contributed by atoms with Crippen molar-refractivity contribution in [3.8, 4) is 17.6 Å². The zero-order valence-corrected chi connectivity index (χ0v) is 17.5. The Morgan fingerprint density at radius 2 is 1.82 bits per heavy atom. The Morgan fingerprint density at radius 1 is 1.06 bits per heavy atom. The fourth-order valence-corrected chi connectivity index (χ4v) is 5.11. The van der Waals surface area contributed by atoms with E-state index in [-0.39, 0.29) is 23.6 Å². The highest BCUT2D eigenvalue weighted by Crippen LogP contribution is 2.49. The van der Waals surface area contributed by atoms with Crippen LogP contribution in [0.4, 0.5) is 10.5 Å². The van der Waals surface area contributed by atoms with Crippen LogP contribution in [0.2, 0.25) is 0 Å². The number of hydrogen-bond acceptors (Lipinski definition) is 4. The summed E-state index contributed by atoms with van der Waals surface area (Å²) < 4.78 is 2.98. The van der Waals surface area contributed by atoms with E-state index in [0.29, 0.717) is 35.6 Å². The fourth-order valence-electron chi connectivity index (χ4n) is 5.11. The van der Waals surface area contributed by atoms with Crippen LogP contribution >= 0.6 is 0 Å². The molecular formula is C25H19N5O3. The van der Waals surface area contributed by atoms with E-state index in [0.717, 1.165) is 10.8 Å². The number of aromatic nitrogens is 2. The van der Waals surface area contributed by atoms with Crippen LogP contribution in [0.25, 0.3) is 16.5 Å². The van der Waals surface area contributed by atoms with E-state index >= 15 is 0 Å². The summed E-state index contributed by atoms with van der Waals surface area (Å²) in [5, 5.41) is 24.8. The van der Waals surface area contributed by atoms with Gasteiger partial charge < -0.3 is 15.3 Å². The molecule has 162 valence electrons. The summed E-state index contributed by atoms with van der Waals surface area (Å²) in [5.41, 5.74) is 1.89. The number of rotatable bonds is 2. The number of urea groups is 1. The Bertz CT molecular complexity index is 1520. The Morgan fingerprint density at radius 3 is 2.61 bits per heavy atom. The molecule has 2 aliphatic rings. The molecule has 6 rings (SSSR count). The number of hydrogen-bond donors (Lipinski definition) is 2. The topological polar surface area (TPSA) is 103 Å². The lowest BCUT2D eigenvalue weighted by atomic mass is 10.1. The lowest BCUT2D eigenvalue weighted by Crippen LogP contribution is -2.40. The zero-order chi connectivity index (χ0) is 22.7. The van der Waals surface area contributed by atoms with Crippen molar-refractivity contribution in [1.29, 1.82) is 5.26 Å². The van der Waals surface area contributed by atoms with Crippen LogP contribution in [0, 0.1) is 11.3 Å². The van der Waals surface area contributed by atoms with Gasteiger partial charge in [-0.05, 0) is 42.1 Å². The van der Waals surface area contributed by atoms with Gasteiger partial charge in [0.05, 0.1) is 29.4 Å². The van der Waals surface area contributed by atoms with Gasteiger partial charge in [-0.1, -0.05) is 36.4 Å². The van der Waals surface area contributed by atoms with Crippen LogP contribution in [0.3, 0.4) is 0 Å². The normalized spacial score (nSPS) is 18.3. The minimum atomic E-state index is -0.391. The average Bonchev–Trinajstić information content (AvgIpc) is 3.51. The van der Waals surface area contributed by atoms with Gasteiger partial charge in [-0.3, -0.25) is 4.57 Å². The van der Waals surface area contributed by atoms with Crippen molar-refractivity contribution in [2.75, 3.05) is 11.9 Å². The van der Waals surface area contributed by atoms with Crippen molar-refractivity contribution in [3.63, 3.8) is 0 Å². The predicted molar refractivity (Wildman–Crippen MR) is 122 cm³/mol. The summed E-state index contributed by atoms with van der Waals surface area (Å²) in [6, 6.07) is 21.1. The first kappa shape index (κ1) is 19.2. The maximum absolute atomic E-state index is 13.4. The molecule has 0 aliphatic carbocycles. The van der Waals surface area contributed by atoms with Gasteiger partial charge in [0.2, 0.25) is 5.88 Å². The summed E-state index contributed by atoms with van der Waals surface area (Å²) in [5.74, 6) is -0.125. The molecule has 4 aromatic rings. The largest absolute Gasteiger partial charge is 0.493 e. The van der Waals surface area contributed by atoms with E-state index in [1.54, 1.807) is 33.7 Å². The number of imidazole rings is 1. The lowest BCUT2D eigenvalue weighted by Gasteiger charge is -2.27. The highest BCUT2D eigenvalue weighted by Gasteiger charge is 2.49. The van der Waals surface area contributed by atoms with E-state index in [4.69, 9.17) is 5.26 Å².